The van der Waals surface area contributed by atoms with E-state index in [4.69, 9.17) is 0 Å². The van der Waals surface area contributed by atoms with Crippen molar-refractivity contribution in [1.82, 2.24) is 0 Å². The van der Waals surface area contributed by atoms with Crippen molar-refractivity contribution in [2.75, 3.05) is 0 Å². The van der Waals surface area contributed by atoms with Gasteiger partial charge in [0.05, 0.1) is 0 Å². The van der Waals surface area contributed by atoms with Gasteiger partial charge in [0.1, 0.15) is 0 Å². The van der Waals surface area contributed by atoms with Crippen LogP contribution in [-0.2, 0) is 4.79 Å². The van der Waals surface area contributed by atoms with Crippen molar-refractivity contribution in [2.24, 2.45) is 0 Å². The normalized spacial score (nSPS) is 28.6. The molecule has 1 aliphatic carbocycles. The summed E-state index contributed by atoms with van der Waals surface area (Å²) in [5.41, 5.74) is 0.784. The fourth-order valence-corrected chi connectivity index (χ4v) is 0.969. The highest BCUT2D eigenvalue weighted by atomic mass is 16.1. The highest BCUT2D eigenvalue weighted by molar-refractivity contribution is 5.96. The number of allylic oxidation sites excluding steroid dienone is 8. The first-order valence-corrected chi connectivity index (χ1v) is 4.01. The lowest BCUT2D eigenvalue weighted by Gasteiger charge is -1.92. The van der Waals surface area contributed by atoms with Crippen LogP contribution in [0.5, 0.6) is 0 Å². The first kappa shape index (κ1) is 8.72. The van der Waals surface area contributed by atoms with Crippen molar-refractivity contribution in [2.45, 2.75) is 13.3 Å². The van der Waals surface area contributed by atoms with E-state index in [-0.39, 0.29) is 5.78 Å². The number of Topliss-reactive ketones (excluding diaryl/α,β-unsaturated/α-hetero) is 1. The molecule has 0 aliphatic heterocycles. The lowest BCUT2D eigenvalue weighted by atomic mass is 10.1. The van der Waals surface area contributed by atoms with E-state index in [9.17, 15) is 4.79 Å². The lowest BCUT2D eigenvalue weighted by molar-refractivity contribution is -0.113. The van der Waals surface area contributed by atoms with Gasteiger partial charge in [-0.15, -0.1) is 0 Å². The average Bonchev–Trinajstić information content (AvgIpc) is 2.15. The number of rotatable bonds is 1. The number of hydrogen-bond donors (Lipinski definition) is 0. The van der Waals surface area contributed by atoms with Crippen LogP contribution in [0.4, 0.5) is 0 Å². The standard InChI is InChI=1S/C11H12O/c1-10(12)11-8-6-4-2-3-5-7-9-11/h2-6,8-9H,7H2,1H3/b4-2-,5-3-,8-6-,11-9-. The SMILES string of the molecule is CC(=O)C1=C/C\C=C/C=C\C=C/1. The molecule has 0 aromatic carbocycles. The molecule has 0 N–H and O–H groups in total. The second kappa shape index (κ2) is 4.50. The van der Waals surface area contributed by atoms with Gasteiger partial charge >= 0.3 is 0 Å². The molecule has 1 rings (SSSR count). The topological polar surface area (TPSA) is 17.1 Å². The molecule has 12 heavy (non-hydrogen) atoms. The number of hydrogen-bond acceptors (Lipinski definition) is 1. The minimum atomic E-state index is 0.120. The molecular weight excluding hydrogens is 148 g/mol. The summed E-state index contributed by atoms with van der Waals surface area (Å²) in [6.07, 6.45) is 14.3. The molecule has 0 spiro atoms. The van der Waals surface area contributed by atoms with Crippen molar-refractivity contribution in [3.63, 3.8) is 0 Å². The molecule has 0 saturated carbocycles. The molecule has 0 unspecified atom stereocenters. The van der Waals surface area contributed by atoms with Crippen LogP contribution in [0.1, 0.15) is 13.3 Å². The molecule has 0 aromatic heterocycles. The zero-order chi connectivity index (χ0) is 8.81. The zero-order valence-electron chi connectivity index (χ0n) is 7.16. The van der Waals surface area contributed by atoms with Crippen molar-refractivity contribution in [3.8, 4) is 0 Å². The van der Waals surface area contributed by atoms with Crippen LogP contribution in [0.15, 0.2) is 48.1 Å². The third-order valence-corrected chi connectivity index (χ3v) is 1.63. The fraction of sp³-hybridized carbons (Fsp3) is 0.182. The molecular formula is C11H12O. The molecule has 0 radical (unpaired) electrons. The van der Waals surface area contributed by atoms with E-state index in [1.165, 1.54) is 0 Å². The highest BCUT2D eigenvalue weighted by Gasteiger charge is 1.96. The maximum atomic E-state index is 11.0. The first-order valence-electron chi connectivity index (χ1n) is 4.01. The Labute approximate surface area is 72.8 Å². The largest absolute Gasteiger partial charge is 0.295 e. The van der Waals surface area contributed by atoms with E-state index in [0.29, 0.717) is 0 Å². The van der Waals surface area contributed by atoms with E-state index < -0.39 is 0 Å². The number of carbonyl (C=O) groups is 1. The Morgan fingerprint density at radius 1 is 1.25 bits per heavy atom. The summed E-state index contributed by atoms with van der Waals surface area (Å²) in [5.74, 6) is 0.120. The minimum absolute atomic E-state index is 0.120. The second-order valence-corrected chi connectivity index (χ2v) is 2.62. The summed E-state index contributed by atoms with van der Waals surface area (Å²) in [5, 5.41) is 0. The maximum absolute atomic E-state index is 11.0. The van der Waals surface area contributed by atoms with Crippen molar-refractivity contribution in [1.29, 1.82) is 0 Å². The Morgan fingerprint density at radius 3 is 2.75 bits per heavy atom. The van der Waals surface area contributed by atoms with Gasteiger partial charge in [-0.2, -0.15) is 0 Å². The maximum Gasteiger partial charge on any atom is 0.159 e. The van der Waals surface area contributed by atoms with Gasteiger partial charge in [0, 0.05) is 5.57 Å². The highest BCUT2D eigenvalue weighted by Crippen LogP contribution is 2.03. The molecule has 0 saturated heterocycles. The Kier molecular flexibility index (Phi) is 3.27. The van der Waals surface area contributed by atoms with Gasteiger partial charge in [0.15, 0.2) is 5.78 Å². The van der Waals surface area contributed by atoms with Gasteiger partial charge in [-0.05, 0) is 13.3 Å². The Bertz CT molecular complexity index is 277. The third-order valence-electron chi connectivity index (χ3n) is 1.63. The molecule has 0 amide bonds. The smallest absolute Gasteiger partial charge is 0.159 e. The van der Waals surface area contributed by atoms with Crippen LogP contribution in [0.3, 0.4) is 0 Å². The van der Waals surface area contributed by atoms with E-state index >= 15 is 0 Å². The second-order valence-electron chi connectivity index (χ2n) is 2.62. The predicted octanol–water partition coefficient (Wildman–Crippen LogP) is 2.57. The first-order chi connectivity index (χ1) is 5.80. The summed E-state index contributed by atoms with van der Waals surface area (Å²) in [6, 6.07) is 0. The van der Waals surface area contributed by atoms with E-state index in [0.717, 1.165) is 12.0 Å². The van der Waals surface area contributed by atoms with Crippen molar-refractivity contribution in [3.05, 3.63) is 48.1 Å². The third kappa shape index (κ3) is 2.70. The molecule has 0 fully saturated rings. The van der Waals surface area contributed by atoms with Crippen LogP contribution in [0, 0.1) is 0 Å². The summed E-state index contributed by atoms with van der Waals surface area (Å²) in [7, 11) is 0. The zero-order valence-corrected chi connectivity index (χ0v) is 7.16. The summed E-state index contributed by atoms with van der Waals surface area (Å²) >= 11 is 0. The van der Waals surface area contributed by atoms with Gasteiger partial charge in [0.25, 0.3) is 0 Å². The minimum Gasteiger partial charge on any atom is -0.295 e. The van der Waals surface area contributed by atoms with Crippen LogP contribution in [0.25, 0.3) is 0 Å². The van der Waals surface area contributed by atoms with Crippen LogP contribution in [0.2, 0.25) is 0 Å². The molecule has 0 heterocycles. The predicted molar refractivity (Wildman–Crippen MR) is 50.8 cm³/mol. The molecule has 1 nitrogen and oxygen atoms in total. The molecule has 62 valence electrons. The molecule has 0 bridgehead atoms. The van der Waals surface area contributed by atoms with Gasteiger partial charge in [0.2, 0.25) is 0 Å². The Morgan fingerprint density at radius 2 is 2.00 bits per heavy atom. The van der Waals surface area contributed by atoms with Crippen LogP contribution >= 0.6 is 0 Å². The van der Waals surface area contributed by atoms with Gasteiger partial charge in [-0.1, -0.05) is 42.5 Å². The van der Waals surface area contributed by atoms with Crippen LogP contribution < -0.4 is 0 Å². The molecule has 0 atom stereocenters. The van der Waals surface area contributed by atoms with Crippen molar-refractivity contribution < 1.29 is 4.79 Å². The summed E-state index contributed by atoms with van der Waals surface area (Å²) < 4.78 is 0. The number of ketones is 1. The van der Waals surface area contributed by atoms with Gasteiger partial charge < -0.3 is 0 Å². The Hall–Kier alpha value is -1.37. The van der Waals surface area contributed by atoms with Gasteiger partial charge in [-0.3, -0.25) is 4.79 Å². The van der Waals surface area contributed by atoms with Gasteiger partial charge in [-0.25, -0.2) is 0 Å². The molecule has 1 aliphatic rings. The monoisotopic (exact) mass is 160 g/mol. The Balaban J connectivity index is 2.84. The molecule has 0 aromatic rings. The van der Waals surface area contributed by atoms with Crippen LogP contribution in [-0.4, -0.2) is 5.78 Å². The van der Waals surface area contributed by atoms with Crippen molar-refractivity contribution >= 4 is 5.78 Å². The molecule has 1 heteroatoms. The van der Waals surface area contributed by atoms with E-state index in [1.54, 1.807) is 6.92 Å². The van der Waals surface area contributed by atoms with E-state index in [2.05, 4.69) is 0 Å². The summed E-state index contributed by atoms with van der Waals surface area (Å²) in [4.78, 5) is 11.0. The fourth-order valence-electron chi connectivity index (χ4n) is 0.969. The summed E-state index contributed by atoms with van der Waals surface area (Å²) in [6.45, 7) is 1.58. The van der Waals surface area contributed by atoms with E-state index in [1.807, 2.05) is 42.5 Å². The quantitative estimate of drug-likeness (QED) is 0.576. The average molecular weight is 160 g/mol. The lowest BCUT2D eigenvalue weighted by Crippen LogP contribution is -1.92. The number of carbonyl (C=O) groups excluding carboxylic acids is 1.